The van der Waals surface area contributed by atoms with Crippen LogP contribution in [-0.4, -0.2) is 70.7 Å². The molecule has 2 atom stereocenters. The summed E-state index contributed by atoms with van der Waals surface area (Å²) in [5.74, 6) is 1.28. The molecule has 2 aliphatic heterocycles. The molecule has 0 saturated carbocycles. The third kappa shape index (κ3) is 3.17. The van der Waals surface area contributed by atoms with Crippen LogP contribution >= 0.6 is 0 Å². The van der Waals surface area contributed by atoms with E-state index in [9.17, 15) is 4.79 Å². The van der Waals surface area contributed by atoms with Gasteiger partial charge in [-0.2, -0.15) is 0 Å². The van der Waals surface area contributed by atoms with Gasteiger partial charge in [0, 0.05) is 38.6 Å². The molecule has 1 aromatic heterocycles. The number of ether oxygens (including phenoxy) is 1. The SMILES string of the molecule is Cc1nccn1[C@@H]1CCCN(C(=O)[C@@H](C)N2CCOCC2)C1. The Morgan fingerprint density at radius 3 is 2.82 bits per heavy atom. The predicted octanol–water partition coefficient (Wildman–Crippen LogP) is 1.08. The molecule has 3 heterocycles. The molecule has 0 aliphatic carbocycles. The summed E-state index contributed by atoms with van der Waals surface area (Å²) in [4.78, 5) is 21.4. The van der Waals surface area contributed by atoms with Gasteiger partial charge < -0.3 is 14.2 Å². The average molecular weight is 306 g/mol. The van der Waals surface area contributed by atoms with E-state index in [0.717, 1.165) is 58.1 Å². The first kappa shape index (κ1) is 15.5. The lowest BCUT2D eigenvalue weighted by molar-refractivity contribution is -0.139. The monoisotopic (exact) mass is 306 g/mol. The van der Waals surface area contributed by atoms with Crippen LogP contribution in [0.5, 0.6) is 0 Å². The number of hydrogen-bond acceptors (Lipinski definition) is 4. The van der Waals surface area contributed by atoms with Crippen LogP contribution in [0.1, 0.15) is 31.6 Å². The van der Waals surface area contributed by atoms with Crippen LogP contribution in [0.2, 0.25) is 0 Å². The van der Waals surface area contributed by atoms with E-state index < -0.39 is 0 Å². The number of rotatable bonds is 3. The fourth-order valence-corrected chi connectivity index (χ4v) is 3.54. The molecular formula is C16H26N4O2. The minimum absolute atomic E-state index is 0.0495. The highest BCUT2D eigenvalue weighted by Crippen LogP contribution is 2.23. The lowest BCUT2D eigenvalue weighted by atomic mass is 10.0. The Labute approximate surface area is 132 Å². The number of piperidine rings is 1. The molecule has 0 N–H and O–H groups in total. The lowest BCUT2D eigenvalue weighted by Gasteiger charge is -2.38. The Balaban J connectivity index is 1.63. The maximum absolute atomic E-state index is 12.8. The largest absolute Gasteiger partial charge is 0.379 e. The molecule has 1 aromatic rings. The van der Waals surface area contributed by atoms with Crippen LogP contribution in [0.15, 0.2) is 12.4 Å². The highest BCUT2D eigenvalue weighted by atomic mass is 16.5. The Morgan fingerprint density at radius 2 is 2.14 bits per heavy atom. The second-order valence-corrected chi connectivity index (χ2v) is 6.29. The zero-order valence-corrected chi connectivity index (χ0v) is 13.6. The lowest BCUT2D eigenvalue weighted by Crippen LogP contribution is -2.53. The van der Waals surface area contributed by atoms with Crippen LogP contribution in [0.3, 0.4) is 0 Å². The van der Waals surface area contributed by atoms with Crippen LogP contribution in [0, 0.1) is 6.92 Å². The van der Waals surface area contributed by atoms with E-state index in [1.165, 1.54) is 0 Å². The zero-order valence-electron chi connectivity index (χ0n) is 13.6. The number of likely N-dealkylation sites (tertiary alicyclic amines) is 1. The van der Waals surface area contributed by atoms with Crippen molar-refractivity contribution in [1.29, 1.82) is 0 Å². The van der Waals surface area contributed by atoms with Gasteiger partial charge in [-0.3, -0.25) is 9.69 Å². The molecule has 2 fully saturated rings. The van der Waals surface area contributed by atoms with Crippen molar-refractivity contribution in [2.75, 3.05) is 39.4 Å². The minimum atomic E-state index is -0.0495. The van der Waals surface area contributed by atoms with Crippen LogP contribution in [0.4, 0.5) is 0 Å². The molecule has 22 heavy (non-hydrogen) atoms. The van der Waals surface area contributed by atoms with Crippen molar-refractivity contribution in [3.8, 4) is 0 Å². The molecule has 2 saturated heterocycles. The topological polar surface area (TPSA) is 50.6 Å². The molecule has 0 spiro atoms. The maximum Gasteiger partial charge on any atom is 0.239 e. The summed E-state index contributed by atoms with van der Waals surface area (Å²) >= 11 is 0. The van der Waals surface area contributed by atoms with E-state index in [2.05, 4.69) is 14.5 Å². The summed E-state index contributed by atoms with van der Waals surface area (Å²) in [6.45, 7) is 8.89. The van der Waals surface area contributed by atoms with Gasteiger partial charge in [0.25, 0.3) is 0 Å². The maximum atomic E-state index is 12.8. The molecule has 1 amide bonds. The van der Waals surface area contributed by atoms with Gasteiger partial charge in [0.1, 0.15) is 5.82 Å². The fourth-order valence-electron chi connectivity index (χ4n) is 3.54. The molecule has 6 nitrogen and oxygen atoms in total. The van der Waals surface area contributed by atoms with E-state index in [1.807, 2.05) is 31.1 Å². The summed E-state index contributed by atoms with van der Waals surface area (Å²) in [7, 11) is 0. The molecule has 6 heteroatoms. The first-order chi connectivity index (χ1) is 10.7. The Kier molecular flexibility index (Phi) is 4.78. The van der Waals surface area contributed by atoms with Crippen molar-refractivity contribution in [2.24, 2.45) is 0 Å². The molecule has 0 bridgehead atoms. The number of amides is 1. The number of aryl methyl sites for hydroxylation is 1. The number of nitrogens with zero attached hydrogens (tertiary/aromatic N) is 4. The average Bonchev–Trinajstić information content (AvgIpc) is 3.00. The minimum Gasteiger partial charge on any atom is -0.379 e. The van der Waals surface area contributed by atoms with Gasteiger partial charge in [0.2, 0.25) is 5.91 Å². The zero-order chi connectivity index (χ0) is 15.5. The van der Waals surface area contributed by atoms with Gasteiger partial charge in [-0.25, -0.2) is 4.98 Å². The van der Waals surface area contributed by atoms with Gasteiger partial charge in [0.05, 0.1) is 25.3 Å². The smallest absolute Gasteiger partial charge is 0.239 e. The molecule has 3 rings (SSSR count). The first-order valence-corrected chi connectivity index (χ1v) is 8.27. The van der Waals surface area contributed by atoms with Crippen molar-refractivity contribution in [2.45, 2.75) is 38.8 Å². The normalized spacial score (nSPS) is 25.2. The van der Waals surface area contributed by atoms with Gasteiger partial charge in [-0.1, -0.05) is 0 Å². The standard InChI is InChI=1S/C16H26N4O2/c1-13(18-8-10-22-11-9-18)16(21)19-6-3-4-15(12-19)20-7-5-17-14(20)2/h5,7,13,15H,3-4,6,8-12H2,1-2H3/t13-,15-/m1/s1. The number of imidazole rings is 1. The molecule has 122 valence electrons. The molecule has 2 aliphatic rings. The second-order valence-electron chi connectivity index (χ2n) is 6.29. The summed E-state index contributed by atoms with van der Waals surface area (Å²) in [6.07, 6.45) is 6.04. The second kappa shape index (κ2) is 6.79. The quantitative estimate of drug-likeness (QED) is 0.838. The summed E-state index contributed by atoms with van der Waals surface area (Å²) in [5.41, 5.74) is 0. The highest BCUT2D eigenvalue weighted by Gasteiger charge is 2.31. The highest BCUT2D eigenvalue weighted by molar-refractivity contribution is 5.81. The van der Waals surface area contributed by atoms with Crippen molar-refractivity contribution in [3.05, 3.63) is 18.2 Å². The van der Waals surface area contributed by atoms with E-state index in [-0.39, 0.29) is 11.9 Å². The van der Waals surface area contributed by atoms with Gasteiger partial charge >= 0.3 is 0 Å². The molecule has 0 radical (unpaired) electrons. The Morgan fingerprint density at radius 1 is 1.36 bits per heavy atom. The van der Waals surface area contributed by atoms with E-state index in [4.69, 9.17) is 4.74 Å². The predicted molar refractivity (Wildman–Crippen MR) is 83.7 cm³/mol. The van der Waals surface area contributed by atoms with E-state index >= 15 is 0 Å². The van der Waals surface area contributed by atoms with E-state index in [0.29, 0.717) is 6.04 Å². The van der Waals surface area contributed by atoms with Crippen LogP contribution in [0.25, 0.3) is 0 Å². The fraction of sp³-hybridized carbons (Fsp3) is 0.750. The third-order valence-electron chi connectivity index (χ3n) is 4.91. The van der Waals surface area contributed by atoms with Crippen LogP contribution < -0.4 is 0 Å². The van der Waals surface area contributed by atoms with Gasteiger partial charge in [-0.05, 0) is 26.7 Å². The number of aromatic nitrogens is 2. The molecule has 0 unspecified atom stereocenters. The van der Waals surface area contributed by atoms with Gasteiger partial charge in [0.15, 0.2) is 0 Å². The number of morpholine rings is 1. The van der Waals surface area contributed by atoms with Crippen molar-refractivity contribution >= 4 is 5.91 Å². The molecular weight excluding hydrogens is 280 g/mol. The number of hydrogen-bond donors (Lipinski definition) is 0. The number of carbonyl (C=O) groups is 1. The molecule has 0 aromatic carbocycles. The van der Waals surface area contributed by atoms with Gasteiger partial charge in [-0.15, -0.1) is 0 Å². The Bertz CT molecular complexity index is 510. The summed E-state index contributed by atoms with van der Waals surface area (Å²) in [6, 6.07) is 0.309. The summed E-state index contributed by atoms with van der Waals surface area (Å²) in [5, 5.41) is 0. The summed E-state index contributed by atoms with van der Waals surface area (Å²) < 4.78 is 7.58. The van der Waals surface area contributed by atoms with Crippen molar-refractivity contribution < 1.29 is 9.53 Å². The Hall–Kier alpha value is -1.40. The third-order valence-corrected chi connectivity index (χ3v) is 4.91. The first-order valence-electron chi connectivity index (χ1n) is 8.27. The van der Waals surface area contributed by atoms with Crippen LogP contribution in [-0.2, 0) is 9.53 Å². The number of carbonyl (C=O) groups excluding carboxylic acids is 1. The van der Waals surface area contributed by atoms with Crippen molar-refractivity contribution in [1.82, 2.24) is 19.4 Å². The van der Waals surface area contributed by atoms with Crippen molar-refractivity contribution in [3.63, 3.8) is 0 Å². The van der Waals surface area contributed by atoms with E-state index in [1.54, 1.807) is 0 Å².